The highest BCUT2D eigenvalue weighted by Crippen LogP contribution is 2.27. The number of aliphatic hydroxyl groups excluding tert-OH is 1. The first-order valence-corrected chi connectivity index (χ1v) is 9.08. The molecule has 1 unspecified atom stereocenters. The smallest absolute Gasteiger partial charge is 0.175 e. The van der Waals surface area contributed by atoms with Crippen LogP contribution in [-0.2, 0) is 16.3 Å². The summed E-state index contributed by atoms with van der Waals surface area (Å²) in [5.74, 6) is 0. The van der Waals surface area contributed by atoms with Gasteiger partial charge in [0.15, 0.2) is 9.84 Å². The van der Waals surface area contributed by atoms with Crippen LogP contribution in [0.15, 0.2) is 45.1 Å². The molecule has 6 heteroatoms. The number of thiophene rings is 1. The maximum atomic E-state index is 11.5. The zero-order valence-electron chi connectivity index (χ0n) is 10.2. The number of hydrogen-bond donors (Lipinski definition) is 1. The Balaban J connectivity index is 2.22. The average Bonchev–Trinajstić information content (AvgIpc) is 2.74. The van der Waals surface area contributed by atoms with Gasteiger partial charge >= 0.3 is 0 Å². The molecule has 0 radical (unpaired) electrons. The molecule has 0 saturated carbocycles. The molecule has 0 aliphatic heterocycles. The number of rotatable bonds is 4. The van der Waals surface area contributed by atoms with E-state index in [4.69, 9.17) is 0 Å². The molecule has 0 amide bonds. The van der Waals surface area contributed by atoms with Crippen molar-refractivity contribution in [2.24, 2.45) is 0 Å². The summed E-state index contributed by atoms with van der Waals surface area (Å²) >= 11 is 4.93. The van der Waals surface area contributed by atoms with Crippen LogP contribution in [0.1, 0.15) is 16.5 Å². The molecule has 2 rings (SSSR count). The summed E-state index contributed by atoms with van der Waals surface area (Å²) in [6, 6.07) is 10.3. The van der Waals surface area contributed by atoms with Gasteiger partial charge in [-0.05, 0) is 45.8 Å². The Hall–Kier alpha value is -0.690. The lowest BCUT2D eigenvalue weighted by Crippen LogP contribution is -2.03. The van der Waals surface area contributed by atoms with Crippen LogP contribution in [-0.4, -0.2) is 19.8 Å². The second-order valence-electron chi connectivity index (χ2n) is 4.27. The molecule has 1 N–H and O–H groups in total. The highest BCUT2D eigenvalue weighted by Gasteiger charge is 2.13. The minimum atomic E-state index is -3.24. The molecule has 3 nitrogen and oxygen atoms in total. The van der Waals surface area contributed by atoms with Crippen molar-refractivity contribution in [3.63, 3.8) is 0 Å². The molecule has 1 heterocycles. The van der Waals surface area contributed by atoms with E-state index in [1.54, 1.807) is 23.5 Å². The minimum absolute atomic E-state index is 0.233. The van der Waals surface area contributed by atoms with E-state index in [0.717, 1.165) is 14.9 Å². The average molecular weight is 361 g/mol. The summed E-state index contributed by atoms with van der Waals surface area (Å²) in [6.07, 6.45) is 0.936. The molecule has 1 atom stereocenters. The first-order chi connectivity index (χ1) is 8.86. The van der Waals surface area contributed by atoms with Crippen molar-refractivity contribution in [3.8, 4) is 0 Å². The van der Waals surface area contributed by atoms with Crippen molar-refractivity contribution in [1.29, 1.82) is 0 Å². The van der Waals surface area contributed by atoms with E-state index < -0.39 is 15.9 Å². The summed E-state index contributed by atoms with van der Waals surface area (Å²) in [6.45, 7) is 0. The van der Waals surface area contributed by atoms with Crippen molar-refractivity contribution in [1.82, 2.24) is 0 Å². The number of aliphatic hydroxyl groups is 1. The highest BCUT2D eigenvalue weighted by atomic mass is 79.9. The second kappa shape index (κ2) is 5.75. The van der Waals surface area contributed by atoms with Gasteiger partial charge in [0.2, 0.25) is 0 Å². The lowest BCUT2D eigenvalue weighted by Gasteiger charge is -2.10. The van der Waals surface area contributed by atoms with Gasteiger partial charge in [-0.2, -0.15) is 0 Å². The van der Waals surface area contributed by atoms with Crippen LogP contribution in [0.2, 0.25) is 0 Å². The van der Waals surface area contributed by atoms with Crippen molar-refractivity contribution >= 4 is 37.1 Å². The van der Waals surface area contributed by atoms with Gasteiger partial charge in [0.05, 0.1) is 14.8 Å². The van der Waals surface area contributed by atoms with Crippen LogP contribution >= 0.6 is 27.3 Å². The van der Waals surface area contributed by atoms with Gasteiger partial charge in [0.1, 0.15) is 0 Å². The van der Waals surface area contributed by atoms with E-state index in [2.05, 4.69) is 15.9 Å². The standard InChI is InChI=1S/C13H13BrO3S2/c1-19(16,17)11-4-2-3-9(7-11)12(15)8-10-5-6-13(14)18-10/h2-7,12,15H,8H2,1H3. The Morgan fingerprint density at radius 3 is 2.63 bits per heavy atom. The van der Waals surface area contributed by atoms with Crippen LogP contribution in [0, 0.1) is 0 Å². The van der Waals surface area contributed by atoms with Crippen molar-refractivity contribution in [2.45, 2.75) is 17.4 Å². The van der Waals surface area contributed by atoms with E-state index in [9.17, 15) is 13.5 Å². The SMILES string of the molecule is CS(=O)(=O)c1cccc(C(O)Cc2ccc(Br)s2)c1. The predicted octanol–water partition coefficient (Wildman–Crippen LogP) is 3.19. The molecule has 0 saturated heterocycles. The fraction of sp³-hybridized carbons (Fsp3) is 0.231. The van der Waals surface area contributed by atoms with Crippen LogP contribution in [0.3, 0.4) is 0 Å². The molecular formula is C13H13BrO3S2. The zero-order chi connectivity index (χ0) is 14.0. The van der Waals surface area contributed by atoms with Crippen LogP contribution in [0.25, 0.3) is 0 Å². The van der Waals surface area contributed by atoms with E-state index >= 15 is 0 Å². The largest absolute Gasteiger partial charge is 0.388 e. The van der Waals surface area contributed by atoms with E-state index in [1.807, 2.05) is 12.1 Å². The van der Waals surface area contributed by atoms with Crippen molar-refractivity contribution in [3.05, 3.63) is 50.6 Å². The second-order valence-corrected chi connectivity index (χ2v) is 8.83. The third-order valence-corrected chi connectivity index (χ3v) is 5.45. The normalized spacial score (nSPS) is 13.4. The zero-order valence-corrected chi connectivity index (χ0v) is 13.4. The first-order valence-electron chi connectivity index (χ1n) is 5.58. The molecule has 0 fully saturated rings. The summed E-state index contributed by atoms with van der Waals surface area (Å²) < 4.78 is 24.0. The molecule has 0 spiro atoms. The lowest BCUT2D eigenvalue weighted by molar-refractivity contribution is 0.179. The molecule has 2 aromatic rings. The van der Waals surface area contributed by atoms with E-state index in [1.165, 1.54) is 12.1 Å². The lowest BCUT2D eigenvalue weighted by atomic mass is 10.1. The van der Waals surface area contributed by atoms with Gasteiger partial charge in [0, 0.05) is 17.6 Å². The highest BCUT2D eigenvalue weighted by molar-refractivity contribution is 9.11. The molecule has 0 aliphatic rings. The summed E-state index contributed by atoms with van der Waals surface area (Å²) in [4.78, 5) is 1.28. The molecule has 0 bridgehead atoms. The molecule has 0 aliphatic carbocycles. The van der Waals surface area contributed by atoms with Gasteiger partial charge in [-0.1, -0.05) is 12.1 Å². The van der Waals surface area contributed by atoms with Gasteiger partial charge in [-0.15, -0.1) is 11.3 Å². The third kappa shape index (κ3) is 3.89. The van der Waals surface area contributed by atoms with Crippen molar-refractivity contribution < 1.29 is 13.5 Å². The monoisotopic (exact) mass is 360 g/mol. The third-order valence-electron chi connectivity index (χ3n) is 2.69. The van der Waals surface area contributed by atoms with Crippen LogP contribution < -0.4 is 0 Å². The Bertz CT molecular complexity index is 677. The number of benzene rings is 1. The molecule has 19 heavy (non-hydrogen) atoms. The quantitative estimate of drug-likeness (QED) is 0.910. The Morgan fingerprint density at radius 2 is 2.05 bits per heavy atom. The summed E-state index contributed by atoms with van der Waals surface area (Å²) in [7, 11) is -3.24. The topological polar surface area (TPSA) is 54.4 Å². The van der Waals surface area contributed by atoms with Gasteiger partial charge in [-0.3, -0.25) is 0 Å². The molecule has 102 valence electrons. The van der Waals surface area contributed by atoms with Crippen molar-refractivity contribution in [2.75, 3.05) is 6.26 Å². The Labute approximate surface area is 125 Å². The number of hydrogen-bond acceptors (Lipinski definition) is 4. The van der Waals surface area contributed by atoms with Gasteiger partial charge in [-0.25, -0.2) is 8.42 Å². The van der Waals surface area contributed by atoms with Gasteiger partial charge < -0.3 is 5.11 Å². The maximum Gasteiger partial charge on any atom is 0.175 e. The Morgan fingerprint density at radius 1 is 1.32 bits per heavy atom. The maximum absolute atomic E-state index is 11.5. The van der Waals surface area contributed by atoms with E-state index in [0.29, 0.717) is 12.0 Å². The van der Waals surface area contributed by atoms with Crippen LogP contribution in [0.4, 0.5) is 0 Å². The first kappa shape index (κ1) is 14.7. The molecule has 1 aromatic carbocycles. The predicted molar refractivity (Wildman–Crippen MR) is 80.2 cm³/mol. The number of sulfone groups is 1. The van der Waals surface area contributed by atoms with E-state index in [-0.39, 0.29) is 4.90 Å². The molecular weight excluding hydrogens is 348 g/mol. The Kier molecular flexibility index (Phi) is 4.45. The minimum Gasteiger partial charge on any atom is -0.388 e. The summed E-state index contributed by atoms with van der Waals surface area (Å²) in [5, 5.41) is 10.2. The summed E-state index contributed by atoms with van der Waals surface area (Å²) in [5.41, 5.74) is 0.618. The molecule has 1 aromatic heterocycles. The fourth-order valence-corrected chi connectivity index (χ4v) is 3.92. The van der Waals surface area contributed by atoms with Gasteiger partial charge in [0.25, 0.3) is 0 Å². The fourth-order valence-electron chi connectivity index (χ4n) is 1.72. The number of halogens is 1. The van der Waals surface area contributed by atoms with Crippen LogP contribution in [0.5, 0.6) is 0 Å².